The number of aryl methyl sites for hydroxylation is 1. The van der Waals surface area contributed by atoms with E-state index in [0.29, 0.717) is 0 Å². The first kappa shape index (κ1) is 8.55. The molecule has 0 spiro atoms. The van der Waals surface area contributed by atoms with Crippen molar-refractivity contribution in [3.05, 3.63) is 29.8 Å². The van der Waals surface area contributed by atoms with Crippen LogP contribution in [-0.4, -0.2) is 6.54 Å². The Balaban J connectivity index is 0.000000605. The Morgan fingerprint density at radius 2 is 2.00 bits per heavy atom. The van der Waals surface area contributed by atoms with Gasteiger partial charge in [0.05, 0.1) is 0 Å². The van der Waals surface area contributed by atoms with Gasteiger partial charge in [0, 0.05) is 12.2 Å². The molecule has 1 atom stereocenters. The summed E-state index contributed by atoms with van der Waals surface area (Å²) in [6.07, 6.45) is 2.51. The Kier molecular flexibility index (Phi) is 2.90. The average molecular weight is 167 g/mol. The lowest BCUT2D eigenvalue weighted by Crippen LogP contribution is -2.10. The van der Waals surface area contributed by atoms with Gasteiger partial charge in [-0.15, -0.1) is 0 Å². The molecule has 0 saturated carbocycles. The summed E-state index contributed by atoms with van der Waals surface area (Å²) in [6, 6.07) is 8.53. The van der Waals surface area contributed by atoms with Crippen molar-refractivity contribution in [1.29, 1.82) is 0 Å². The van der Waals surface area contributed by atoms with E-state index in [4.69, 9.17) is 0 Å². The first-order valence-electron chi connectivity index (χ1n) is 3.78. The van der Waals surface area contributed by atoms with Crippen molar-refractivity contribution in [3.63, 3.8) is 0 Å². The zero-order chi connectivity index (χ0) is 6.81. The predicted molar refractivity (Wildman–Crippen MR) is 54.4 cm³/mol. The minimum Gasteiger partial charge on any atom is -0.385 e. The van der Waals surface area contributed by atoms with Gasteiger partial charge in [0.2, 0.25) is 0 Å². The smallest absolute Gasteiger partial charge is 0.0372 e. The summed E-state index contributed by atoms with van der Waals surface area (Å²) >= 11 is 0. The van der Waals surface area contributed by atoms with Crippen molar-refractivity contribution < 1.29 is 0 Å². The molecule has 1 aromatic carbocycles. The molecule has 1 heterocycles. The summed E-state index contributed by atoms with van der Waals surface area (Å²) in [5, 5.41) is 3.36. The van der Waals surface area contributed by atoms with E-state index in [1.807, 2.05) is 0 Å². The average Bonchev–Trinajstić information content (AvgIpc) is 2.05. The van der Waals surface area contributed by atoms with E-state index in [2.05, 4.69) is 29.6 Å². The van der Waals surface area contributed by atoms with E-state index in [-0.39, 0.29) is 9.90 Å². The molecule has 1 aliphatic heterocycles. The molecule has 0 aliphatic carbocycles. The zero-order valence-corrected chi connectivity index (χ0v) is 8.05. The molecule has 0 amide bonds. The molecule has 1 nitrogen and oxygen atoms in total. The SMILES string of the molecule is P.c1ccc2c(c1)CCCN2. The van der Waals surface area contributed by atoms with E-state index in [0.717, 1.165) is 6.54 Å². The van der Waals surface area contributed by atoms with Crippen molar-refractivity contribution >= 4 is 15.6 Å². The maximum atomic E-state index is 3.36. The largest absolute Gasteiger partial charge is 0.385 e. The van der Waals surface area contributed by atoms with Gasteiger partial charge in [0.1, 0.15) is 0 Å². The van der Waals surface area contributed by atoms with Crippen LogP contribution in [0.15, 0.2) is 24.3 Å². The number of benzene rings is 1. The summed E-state index contributed by atoms with van der Waals surface area (Å²) in [5.74, 6) is 0. The fourth-order valence-corrected chi connectivity index (χ4v) is 1.41. The fourth-order valence-electron chi connectivity index (χ4n) is 1.41. The van der Waals surface area contributed by atoms with E-state index in [1.165, 1.54) is 24.1 Å². The first-order valence-corrected chi connectivity index (χ1v) is 3.78. The van der Waals surface area contributed by atoms with E-state index in [1.54, 1.807) is 0 Å². The summed E-state index contributed by atoms with van der Waals surface area (Å²) in [4.78, 5) is 0. The lowest BCUT2D eigenvalue weighted by atomic mass is 10.0. The molecule has 0 bridgehead atoms. The highest BCUT2D eigenvalue weighted by molar-refractivity contribution is 6.92. The Morgan fingerprint density at radius 3 is 2.82 bits per heavy atom. The predicted octanol–water partition coefficient (Wildman–Crippen LogP) is 2.10. The third-order valence-corrected chi connectivity index (χ3v) is 1.96. The number of hydrogen-bond acceptors (Lipinski definition) is 1. The Hall–Kier alpha value is -0.550. The molecule has 0 saturated heterocycles. The molecule has 1 aromatic rings. The van der Waals surface area contributed by atoms with Crippen molar-refractivity contribution in [3.8, 4) is 0 Å². The summed E-state index contributed by atoms with van der Waals surface area (Å²) in [5.41, 5.74) is 2.79. The first-order chi connectivity index (χ1) is 4.97. The number of anilines is 1. The van der Waals surface area contributed by atoms with Gasteiger partial charge >= 0.3 is 0 Å². The van der Waals surface area contributed by atoms with Crippen LogP contribution in [0.5, 0.6) is 0 Å². The zero-order valence-electron chi connectivity index (χ0n) is 6.64. The topological polar surface area (TPSA) is 12.0 Å². The second-order valence-corrected chi connectivity index (χ2v) is 2.69. The third kappa shape index (κ3) is 1.72. The highest BCUT2D eigenvalue weighted by atomic mass is 31.0. The van der Waals surface area contributed by atoms with Gasteiger partial charge in [-0.3, -0.25) is 0 Å². The Labute approximate surface area is 70.8 Å². The molecule has 2 rings (SSSR count). The van der Waals surface area contributed by atoms with Crippen molar-refractivity contribution in [1.82, 2.24) is 0 Å². The van der Waals surface area contributed by atoms with Gasteiger partial charge in [-0.05, 0) is 24.5 Å². The van der Waals surface area contributed by atoms with Gasteiger partial charge in [-0.25, -0.2) is 0 Å². The minimum absolute atomic E-state index is 0. The van der Waals surface area contributed by atoms with Crippen LogP contribution in [0.4, 0.5) is 5.69 Å². The minimum atomic E-state index is 0. The lowest BCUT2D eigenvalue weighted by molar-refractivity contribution is 0.830. The maximum Gasteiger partial charge on any atom is 0.0372 e. The monoisotopic (exact) mass is 167 g/mol. The number of fused-ring (bicyclic) bond motifs is 1. The van der Waals surface area contributed by atoms with Crippen LogP contribution in [0.1, 0.15) is 12.0 Å². The van der Waals surface area contributed by atoms with Crippen molar-refractivity contribution in [2.24, 2.45) is 0 Å². The van der Waals surface area contributed by atoms with E-state index >= 15 is 0 Å². The summed E-state index contributed by atoms with van der Waals surface area (Å²) in [7, 11) is 0. The summed E-state index contributed by atoms with van der Waals surface area (Å²) in [6.45, 7) is 1.14. The summed E-state index contributed by atoms with van der Waals surface area (Å²) < 4.78 is 0. The van der Waals surface area contributed by atoms with Crippen LogP contribution in [0.3, 0.4) is 0 Å². The molecule has 1 N–H and O–H groups in total. The molecular formula is C9H14NP. The van der Waals surface area contributed by atoms with E-state index in [9.17, 15) is 0 Å². The quantitative estimate of drug-likeness (QED) is 0.583. The highest BCUT2D eigenvalue weighted by Crippen LogP contribution is 2.19. The van der Waals surface area contributed by atoms with E-state index < -0.39 is 0 Å². The number of hydrogen-bond donors (Lipinski definition) is 1. The number of nitrogens with one attached hydrogen (secondary N) is 1. The molecule has 1 aliphatic rings. The van der Waals surface area contributed by atoms with Crippen LogP contribution in [0.25, 0.3) is 0 Å². The Bertz CT molecular complexity index is 210. The molecule has 0 fully saturated rings. The van der Waals surface area contributed by atoms with Gasteiger partial charge in [-0.2, -0.15) is 9.90 Å². The third-order valence-electron chi connectivity index (χ3n) is 1.96. The molecule has 11 heavy (non-hydrogen) atoms. The van der Waals surface area contributed by atoms with Gasteiger partial charge in [-0.1, -0.05) is 18.2 Å². The van der Waals surface area contributed by atoms with Crippen molar-refractivity contribution in [2.45, 2.75) is 12.8 Å². The normalized spacial score (nSPS) is 14.2. The molecule has 60 valence electrons. The van der Waals surface area contributed by atoms with Crippen LogP contribution in [0, 0.1) is 0 Å². The number of para-hydroxylation sites is 1. The molecule has 2 heteroatoms. The molecule has 0 radical (unpaired) electrons. The highest BCUT2D eigenvalue weighted by Gasteiger charge is 2.04. The van der Waals surface area contributed by atoms with Crippen LogP contribution >= 0.6 is 9.90 Å². The second-order valence-electron chi connectivity index (χ2n) is 2.69. The standard InChI is InChI=1S/C9H11N.H3P/c1-2-6-9-8(4-1)5-3-7-10-9;/h1-2,4,6,10H,3,5,7H2;1H3. The second kappa shape index (κ2) is 3.73. The molecular weight excluding hydrogens is 153 g/mol. The van der Waals surface area contributed by atoms with Crippen LogP contribution in [0.2, 0.25) is 0 Å². The number of rotatable bonds is 0. The van der Waals surface area contributed by atoms with Gasteiger partial charge in [0.25, 0.3) is 0 Å². The Morgan fingerprint density at radius 1 is 1.18 bits per heavy atom. The van der Waals surface area contributed by atoms with Crippen LogP contribution < -0.4 is 5.32 Å². The van der Waals surface area contributed by atoms with Gasteiger partial charge < -0.3 is 5.32 Å². The fraction of sp³-hybridized carbons (Fsp3) is 0.333. The van der Waals surface area contributed by atoms with Crippen LogP contribution in [-0.2, 0) is 6.42 Å². The lowest BCUT2D eigenvalue weighted by Gasteiger charge is -2.16. The molecule has 1 unspecified atom stereocenters. The van der Waals surface area contributed by atoms with Gasteiger partial charge in [0.15, 0.2) is 0 Å². The van der Waals surface area contributed by atoms with Crippen molar-refractivity contribution in [2.75, 3.05) is 11.9 Å². The molecule has 0 aromatic heterocycles. The maximum absolute atomic E-state index is 3.36.